The SMILES string of the molecule is CC.CC(C)Oc1ccccc1N1CCN(C2CCCCC2)CC1.CNC(=O)Nc1ccc(F)c(P)c1. The molecule has 37 heavy (non-hydrogen) atoms. The fourth-order valence-electron chi connectivity index (χ4n) is 4.66. The smallest absolute Gasteiger partial charge is 0.318 e. The van der Waals surface area contributed by atoms with Crippen LogP contribution in [0.1, 0.15) is 59.8 Å². The Morgan fingerprint density at radius 1 is 1.03 bits per heavy atom. The van der Waals surface area contributed by atoms with Gasteiger partial charge >= 0.3 is 6.03 Å². The lowest BCUT2D eigenvalue weighted by Crippen LogP contribution is -2.50. The van der Waals surface area contributed by atoms with Gasteiger partial charge in [0.05, 0.1) is 11.8 Å². The van der Waals surface area contributed by atoms with Crippen LogP contribution >= 0.6 is 9.24 Å². The van der Waals surface area contributed by atoms with Crippen molar-refractivity contribution < 1.29 is 13.9 Å². The number of ether oxygens (including phenoxy) is 1. The second-order valence-electron chi connectivity index (χ2n) is 9.39. The lowest BCUT2D eigenvalue weighted by atomic mass is 9.94. The summed E-state index contributed by atoms with van der Waals surface area (Å²) >= 11 is 0. The average molecular weight is 533 g/mol. The molecule has 2 aliphatic rings. The van der Waals surface area contributed by atoms with E-state index in [1.54, 1.807) is 0 Å². The Hall–Kier alpha value is -2.37. The van der Waals surface area contributed by atoms with E-state index in [1.165, 1.54) is 76.1 Å². The summed E-state index contributed by atoms with van der Waals surface area (Å²) in [6.45, 7) is 12.8. The molecule has 1 atom stereocenters. The van der Waals surface area contributed by atoms with E-state index in [0.29, 0.717) is 11.0 Å². The van der Waals surface area contributed by atoms with Crippen LogP contribution in [0.5, 0.6) is 5.75 Å². The van der Waals surface area contributed by atoms with Gasteiger partial charge in [-0.3, -0.25) is 4.90 Å². The fraction of sp³-hybridized carbons (Fsp3) is 0.552. The largest absolute Gasteiger partial charge is 0.489 e. The first kappa shape index (κ1) is 30.9. The molecule has 8 heteroatoms. The molecular formula is C29H46FN4O2P. The van der Waals surface area contributed by atoms with Crippen molar-refractivity contribution >= 4 is 32.0 Å². The zero-order valence-corrected chi connectivity index (χ0v) is 24.4. The van der Waals surface area contributed by atoms with E-state index in [2.05, 4.69) is 67.8 Å². The molecule has 1 aliphatic heterocycles. The molecule has 1 heterocycles. The van der Waals surface area contributed by atoms with Crippen molar-refractivity contribution in [3.05, 3.63) is 48.3 Å². The summed E-state index contributed by atoms with van der Waals surface area (Å²) in [5, 5.41) is 5.35. The van der Waals surface area contributed by atoms with Crippen LogP contribution in [0.15, 0.2) is 42.5 Å². The number of rotatable bonds is 5. The highest BCUT2D eigenvalue weighted by Crippen LogP contribution is 2.31. The van der Waals surface area contributed by atoms with Crippen molar-refractivity contribution in [3.63, 3.8) is 0 Å². The van der Waals surface area contributed by atoms with Crippen LogP contribution in [0, 0.1) is 5.82 Å². The quantitative estimate of drug-likeness (QED) is 0.462. The summed E-state index contributed by atoms with van der Waals surface area (Å²) < 4.78 is 18.8. The minimum Gasteiger partial charge on any atom is -0.489 e. The molecule has 6 nitrogen and oxygen atoms in total. The third-order valence-corrected chi connectivity index (χ3v) is 6.90. The number of amides is 2. The Balaban J connectivity index is 0.000000275. The average Bonchev–Trinajstić information content (AvgIpc) is 2.93. The summed E-state index contributed by atoms with van der Waals surface area (Å²) in [7, 11) is 3.77. The van der Waals surface area contributed by atoms with Crippen LogP contribution in [0.2, 0.25) is 0 Å². The molecule has 2 aromatic carbocycles. The Morgan fingerprint density at radius 2 is 1.68 bits per heavy atom. The number of urea groups is 1. The van der Waals surface area contributed by atoms with Gasteiger partial charge in [-0.2, -0.15) is 0 Å². The second kappa shape index (κ2) is 16.5. The first-order valence-electron chi connectivity index (χ1n) is 13.7. The van der Waals surface area contributed by atoms with E-state index in [4.69, 9.17) is 4.74 Å². The molecule has 1 saturated heterocycles. The Kier molecular flexibility index (Phi) is 13.7. The first-order chi connectivity index (χ1) is 17.9. The topological polar surface area (TPSA) is 56.8 Å². The van der Waals surface area contributed by atoms with Gasteiger partial charge in [0.15, 0.2) is 0 Å². The number of carbonyl (C=O) groups is 1. The number of benzene rings is 2. The zero-order valence-electron chi connectivity index (χ0n) is 23.2. The molecule has 206 valence electrons. The van der Waals surface area contributed by atoms with Crippen LogP contribution in [-0.4, -0.2) is 56.3 Å². The Labute approximate surface area is 225 Å². The van der Waals surface area contributed by atoms with Crippen molar-refractivity contribution in [2.75, 3.05) is 43.4 Å². The molecule has 1 unspecified atom stereocenters. The predicted octanol–water partition coefficient (Wildman–Crippen LogP) is 6.03. The summed E-state index contributed by atoms with van der Waals surface area (Å²) in [6.07, 6.45) is 7.34. The van der Waals surface area contributed by atoms with Crippen molar-refractivity contribution in [1.29, 1.82) is 0 Å². The minimum absolute atomic E-state index is 0.227. The van der Waals surface area contributed by atoms with E-state index >= 15 is 0 Å². The van der Waals surface area contributed by atoms with Gasteiger partial charge in [-0.05, 0) is 57.0 Å². The number of nitrogens with one attached hydrogen (secondary N) is 2. The van der Waals surface area contributed by atoms with Gasteiger partial charge in [0.1, 0.15) is 11.6 Å². The molecule has 0 radical (unpaired) electrons. The molecule has 2 fully saturated rings. The lowest BCUT2D eigenvalue weighted by molar-refractivity contribution is 0.147. The Bertz CT molecular complexity index is 945. The summed E-state index contributed by atoms with van der Waals surface area (Å²) in [5.74, 6) is 0.719. The maximum absolute atomic E-state index is 12.8. The van der Waals surface area contributed by atoms with Gasteiger partial charge < -0.3 is 20.3 Å². The van der Waals surface area contributed by atoms with Gasteiger partial charge in [0.2, 0.25) is 0 Å². The number of hydrogen-bond donors (Lipinski definition) is 2. The van der Waals surface area contributed by atoms with Crippen molar-refractivity contribution in [1.82, 2.24) is 10.2 Å². The van der Waals surface area contributed by atoms with E-state index < -0.39 is 0 Å². The number of para-hydroxylation sites is 2. The van der Waals surface area contributed by atoms with Crippen LogP contribution in [0.3, 0.4) is 0 Å². The maximum atomic E-state index is 12.8. The van der Waals surface area contributed by atoms with Crippen LogP contribution < -0.4 is 25.6 Å². The second-order valence-corrected chi connectivity index (χ2v) is 10.0. The van der Waals surface area contributed by atoms with E-state index in [1.807, 2.05) is 13.8 Å². The van der Waals surface area contributed by atoms with E-state index in [0.717, 1.165) is 24.9 Å². The zero-order chi connectivity index (χ0) is 27.2. The highest BCUT2D eigenvalue weighted by atomic mass is 31.0. The molecule has 0 bridgehead atoms. The van der Waals surface area contributed by atoms with Crippen molar-refractivity contribution in [2.45, 2.75) is 71.9 Å². The number of hydrogen-bond acceptors (Lipinski definition) is 4. The summed E-state index contributed by atoms with van der Waals surface area (Å²) in [5.41, 5.74) is 1.82. The molecule has 0 spiro atoms. The highest BCUT2D eigenvalue weighted by Gasteiger charge is 2.26. The van der Waals surface area contributed by atoms with Gasteiger partial charge in [0, 0.05) is 50.3 Å². The van der Waals surface area contributed by atoms with Crippen molar-refractivity contribution in [2.24, 2.45) is 0 Å². The Morgan fingerprint density at radius 3 is 2.27 bits per heavy atom. The van der Waals surface area contributed by atoms with Gasteiger partial charge in [0.25, 0.3) is 0 Å². The van der Waals surface area contributed by atoms with Gasteiger partial charge in [-0.25, -0.2) is 9.18 Å². The third kappa shape index (κ3) is 10.1. The number of nitrogens with zero attached hydrogens (tertiary/aromatic N) is 2. The van der Waals surface area contributed by atoms with Crippen LogP contribution in [0.25, 0.3) is 0 Å². The van der Waals surface area contributed by atoms with Crippen molar-refractivity contribution in [3.8, 4) is 5.75 Å². The summed E-state index contributed by atoms with van der Waals surface area (Å²) in [6, 6.07) is 13.3. The maximum Gasteiger partial charge on any atom is 0.318 e. The lowest BCUT2D eigenvalue weighted by Gasteiger charge is -2.41. The molecule has 2 amide bonds. The summed E-state index contributed by atoms with van der Waals surface area (Å²) in [4.78, 5) is 16.1. The number of halogens is 1. The molecular weight excluding hydrogens is 486 g/mol. The molecule has 2 aromatic rings. The molecule has 0 aromatic heterocycles. The first-order valence-corrected chi connectivity index (χ1v) is 14.2. The monoisotopic (exact) mass is 532 g/mol. The molecule has 2 N–H and O–H groups in total. The third-order valence-electron chi connectivity index (χ3n) is 6.45. The van der Waals surface area contributed by atoms with Gasteiger partial charge in [-0.1, -0.05) is 45.2 Å². The van der Waals surface area contributed by atoms with E-state index in [-0.39, 0.29) is 18.0 Å². The number of piperazine rings is 1. The molecule has 1 aliphatic carbocycles. The van der Waals surface area contributed by atoms with Gasteiger partial charge in [-0.15, -0.1) is 9.24 Å². The minimum atomic E-state index is -0.323. The standard InChI is InChI=1S/C19H30N2O.C8H10FN2OP.C2H6/c1-16(2)22-19-11-7-6-10-18(19)21-14-12-20(13-15-21)17-8-4-3-5-9-17;1-10-8(12)11-5-2-3-6(9)7(13)4-5;1-2/h6-7,10-11,16-17H,3-5,8-9,12-15H2,1-2H3;2-4H,13H2,1H3,(H2,10,11,12);1-2H3. The number of anilines is 2. The molecule has 4 rings (SSSR count). The fourth-order valence-corrected chi connectivity index (χ4v) is 4.94. The predicted molar refractivity (Wildman–Crippen MR) is 158 cm³/mol. The molecule has 1 saturated carbocycles. The highest BCUT2D eigenvalue weighted by molar-refractivity contribution is 7.27. The number of carbonyl (C=O) groups excluding carboxylic acids is 1. The van der Waals surface area contributed by atoms with E-state index in [9.17, 15) is 9.18 Å². The van der Waals surface area contributed by atoms with Crippen LogP contribution in [0.4, 0.5) is 20.6 Å². The normalized spacial score (nSPS) is 16.2. The van der Waals surface area contributed by atoms with Crippen LogP contribution in [-0.2, 0) is 0 Å².